The van der Waals surface area contributed by atoms with Crippen LogP contribution in [-0.4, -0.2) is 47.1 Å². The highest BCUT2D eigenvalue weighted by atomic mass is 35.5. The summed E-state index contributed by atoms with van der Waals surface area (Å²) in [5, 5.41) is 9.91. The summed E-state index contributed by atoms with van der Waals surface area (Å²) in [5.41, 5.74) is -1.17. The molecular weight excluding hydrogens is 455 g/mol. The van der Waals surface area contributed by atoms with E-state index in [1.165, 1.54) is 6.07 Å². The van der Waals surface area contributed by atoms with Gasteiger partial charge in [-0.15, -0.1) is 0 Å². The standard InChI is InChI=1S/C24H30Cl2O6/c1-12(2)24-10-18(30-19(28)11-27)23(4,32-24)15-7-5-13(3)20(15)21(24)31-22(29)14-6-8-16(25)17(26)9-14/h6,8-9,12-13,15,18,20-21,27H,5,7,10-11H2,1-4H3/t13?,15?,18?,20-,21+,23+,24?/m1/s1. The third kappa shape index (κ3) is 3.64. The second-order valence-corrected chi connectivity index (χ2v) is 10.7. The van der Waals surface area contributed by atoms with Gasteiger partial charge in [0.2, 0.25) is 0 Å². The predicted octanol–water partition coefficient (Wildman–Crippen LogP) is 4.67. The average molecular weight is 485 g/mol. The monoisotopic (exact) mass is 484 g/mol. The zero-order valence-electron chi connectivity index (χ0n) is 18.8. The second-order valence-electron chi connectivity index (χ2n) is 9.93. The number of ether oxygens (including phenoxy) is 3. The second kappa shape index (κ2) is 8.46. The molecule has 1 aromatic carbocycles. The molecule has 2 aliphatic heterocycles. The minimum Gasteiger partial charge on any atom is -0.457 e. The molecule has 7 atom stereocenters. The molecule has 0 spiro atoms. The fraction of sp³-hybridized carbons (Fsp3) is 0.667. The van der Waals surface area contributed by atoms with Gasteiger partial charge in [0.1, 0.15) is 30.0 Å². The summed E-state index contributed by atoms with van der Waals surface area (Å²) in [6, 6.07) is 4.69. The van der Waals surface area contributed by atoms with Gasteiger partial charge in [0.25, 0.3) is 0 Å². The van der Waals surface area contributed by atoms with Gasteiger partial charge in [-0.25, -0.2) is 9.59 Å². The van der Waals surface area contributed by atoms with Crippen LogP contribution in [0.15, 0.2) is 18.2 Å². The maximum absolute atomic E-state index is 13.2. The molecule has 1 aliphatic carbocycles. The molecule has 6 nitrogen and oxygen atoms in total. The van der Waals surface area contributed by atoms with Crippen LogP contribution < -0.4 is 0 Å². The molecule has 0 amide bonds. The SMILES string of the molecule is CC1CCC2[C@@H]1[C@H](OC(=O)c1ccc(Cl)c(Cl)c1)C1(C(C)C)CC(OC(=O)CO)[C@@]2(C)O1. The molecule has 2 saturated heterocycles. The van der Waals surface area contributed by atoms with Gasteiger partial charge in [-0.1, -0.05) is 44.0 Å². The van der Waals surface area contributed by atoms with Crippen LogP contribution in [-0.2, 0) is 19.0 Å². The van der Waals surface area contributed by atoms with E-state index in [0.717, 1.165) is 12.8 Å². The summed E-state index contributed by atoms with van der Waals surface area (Å²) in [7, 11) is 0. The lowest BCUT2D eigenvalue weighted by Crippen LogP contribution is -2.62. The van der Waals surface area contributed by atoms with Crippen LogP contribution in [0.5, 0.6) is 0 Å². The number of halogens is 2. The highest BCUT2D eigenvalue weighted by Crippen LogP contribution is 2.63. The minimum absolute atomic E-state index is 0.00000864. The smallest absolute Gasteiger partial charge is 0.338 e. The number of carbonyl (C=O) groups is 2. The molecule has 1 N–H and O–H groups in total. The third-order valence-electron chi connectivity index (χ3n) is 7.95. The van der Waals surface area contributed by atoms with Crippen molar-refractivity contribution < 1.29 is 28.9 Å². The van der Waals surface area contributed by atoms with E-state index >= 15 is 0 Å². The van der Waals surface area contributed by atoms with Gasteiger partial charge >= 0.3 is 11.9 Å². The number of aliphatic hydroxyl groups excluding tert-OH is 1. The van der Waals surface area contributed by atoms with E-state index < -0.39 is 42.0 Å². The van der Waals surface area contributed by atoms with E-state index in [2.05, 4.69) is 6.92 Å². The van der Waals surface area contributed by atoms with Crippen molar-refractivity contribution in [2.75, 3.05) is 6.61 Å². The van der Waals surface area contributed by atoms with Gasteiger partial charge in [-0.2, -0.15) is 0 Å². The molecule has 2 bridgehead atoms. The lowest BCUT2D eigenvalue weighted by atomic mass is 9.69. The van der Waals surface area contributed by atoms with Gasteiger partial charge in [-0.3, -0.25) is 0 Å². The Labute approximate surface area is 198 Å². The van der Waals surface area contributed by atoms with Crippen molar-refractivity contribution in [3.8, 4) is 0 Å². The van der Waals surface area contributed by atoms with Gasteiger partial charge in [0, 0.05) is 12.3 Å². The van der Waals surface area contributed by atoms with Crippen LogP contribution in [0.25, 0.3) is 0 Å². The Bertz CT molecular complexity index is 920. The van der Waals surface area contributed by atoms with Crippen molar-refractivity contribution >= 4 is 35.1 Å². The Balaban J connectivity index is 1.73. The molecule has 4 unspecified atom stereocenters. The Kier molecular flexibility index (Phi) is 6.29. The maximum atomic E-state index is 13.2. The molecule has 8 heteroatoms. The van der Waals surface area contributed by atoms with Gasteiger partial charge in [0.05, 0.1) is 15.6 Å². The number of esters is 2. The van der Waals surface area contributed by atoms with Crippen LogP contribution in [0.3, 0.4) is 0 Å². The molecular formula is C24H30Cl2O6. The van der Waals surface area contributed by atoms with Crippen LogP contribution >= 0.6 is 23.2 Å². The van der Waals surface area contributed by atoms with Crippen molar-refractivity contribution in [3.63, 3.8) is 0 Å². The van der Waals surface area contributed by atoms with Crippen LogP contribution in [0.4, 0.5) is 0 Å². The zero-order chi connectivity index (χ0) is 23.4. The first kappa shape index (κ1) is 23.8. The molecule has 2 heterocycles. The number of rotatable bonds is 5. The largest absolute Gasteiger partial charge is 0.457 e. The Hall–Kier alpha value is -1.34. The van der Waals surface area contributed by atoms with Gasteiger partial charge in [0.15, 0.2) is 0 Å². The van der Waals surface area contributed by atoms with E-state index in [9.17, 15) is 14.7 Å². The van der Waals surface area contributed by atoms with Crippen molar-refractivity contribution in [3.05, 3.63) is 33.8 Å². The van der Waals surface area contributed by atoms with Crippen molar-refractivity contribution in [1.29, 1.82) is 0 Å². The van der Waals surface area contributed by atoms with E-state index in [1.54, 1.807) is 12.1 Å². The highest BCUT2D eigenvalue weighted by molar-refractivity contribution is 6.42. The lowest BCUT2D eigenvalue weighted by molar-refractivity contribution is -0.259. The van der Waals surface area contributed by atoms with Gasteiger partial charge in [-0.05, 0) is 55.7 Å². The van der Waals surface area contributed by atoms with Crippen molar-refractivity contribution in [2.24, 2.45) is 23.7 Å². The number of carbonyl (C=O) groups excluding carboxylic acids is 2. The predicted molar refractivity (Wildman–Crippen MR) is 120 cm³/mol. The first-order valence-electron chi connectivity index (χ1n) is 11.2. The number of aliphatic hydroxyl groups is 1. The van der Waals surface area contributed by atoms with Gasteiger partial charge < -0.3 is 19.3 Å². The van der Waals surface area contributed by atoms with Crippen LogP contribution in [0, 0.1) is 23.7 Å². The Morgan fingerprint density at radius 3 is 2.56 bits per heavy atom. The summed E-state index contributed by atoms with van der Waals surface area (Å²) in [6.45, 7) is 7.58. The number of fused-ring (bicyclic) bond motifs is 4. The number of benzene rings is 1. The summed E-state index contributed by atoms with van der Waals surface area (Å²) in [6.07, 6.45) is 1.26. The highest BCUT2D eigenvalue weighted by Gasteiger charge is 2.72. The Morgan fingerprint density at radius 1 is 1.22 bits per heavy atom. The first-order chi connectivity index (χ1) is 15.0. The van der Waals surface area contributed by atoms with Crippen molar-refractivity contribution in [2.45, 2.75) is 70.4 Å². The molecule has 32 heavy (non-hydrogen) atoms. The Morgan fingerprint density at radius 2 is 1.94 bits per heavy atom. The molecule has 1 saturated carbocycles. The molecule has 1 aromatic rings. The maximum Gasteiger partial charge on any atom is 0.338 e. The fourth-order valence-electron chi connectivity index (χ4n) is 6.25. The quantitative estimate of drug-likeness (QED) is 0.611. The number of hydrogen-bond acceptors (Lipinski definition) is 6. The number of hydrogen-bond donors (Lipinski definition) is 1. The topological polar surface area (TPSA) is 82.1 Å². The molecule has 4 rings (SSSR count). The van der Waals surface area contributed by atoms with Crippen molar-refractivity contribution in [1.82, 2.24) is 0 Å². The first-order valence-corrected chi connectivity index (χ1v) is 12.0. The molecule has 0 aromatic heterocycles. The lowest BCUT2D eigenvalue weighted by Gasteiger charge is -2.53. The zero-order valence-corrected chi connectivity index (χ0v) is 20.3. The van der Waals surface area contributed by atoms with E-state index in [1.807, 2.05) is 20.8 Å². The summed E-state index contributed by atoms with van der Waals surface area (Å²) >= 11 is 12.1. The summed E-state index contributed by atoms with van der Waals surface area (Å²) in [5.74, 6) is -0.691. The third-order valence-corrected chi connectivity index (χ3v) is 8.68. The fourth-order valence-corrected chi connectivity index (χ4v) is 6.55. The summed E-state index contributed by atoms with van der Waals surface area (Å²) < 4.78 is 18.7. The van der Waals surface area contributed by atoms with E-state index in [-0.39, 0.29) is 22.8 Å². The molecule has 176 valence electrons. The normalized spacial score (nSPS) is 37.9. The van der Waals surface area contributed by atoms with E-state index in [0.29, 0.717) is 22.9 Å². The summed E-state index contributed by atoms with van der Waals surface area (Å²) in [4.78, 5) is 25.2. The minimum atomic E-state index is -0.805. The molecule has 0 radical (unpaired) electrons. The van der Waals surface area contributed by atoms with E-state index in [4.69, 9.17) is 37.4 Å². The molecule has 3 aliphatic rings. The van der Waals surface area contributed by atoms with Crippen LogP contribution in [0.1, 0.15) is 57.3 Å². The molecule has 3 fully saturated rings. The van der Waals surface area contributed by atoms with Crippen LogP contribution in [0.2, 0.25) is 10.0 Å². The average Bonchev–Trinajstić information content (AvgIpc) is 3.25.